The summed E-state index contributed by atoms with van der Waals surface area (Å²) in [6.45, 7) is 1.92. The SMILES string of the molecule is CCC(N)c1cccc(S(=O)(=O)NC2CCS(=O)(=O)C2)c1. The van der Waals surface area contributed by atoms with Crippen molar-refractivity contribution in [3.63, 3.8) is 0 Å². The van der Waals surface area contributed by atoms with E-state index in [1.807, 2.05) is 6.92 Å². The highest BCUT2D eigenvalue weighted by molar-refractivity contribution is 7.92. The van der Waals surface area contributed by atoms with Crippen molar-refractivity contribution in [2.24, 2.45) is 5.73 Å². The van der Waals surface area contributed by atoms with Crippen LogP contribution in [0.3, 0.4) is 0 Å². The van der Waals surface area contributed by atoms with Gasteiger partial charge in [-0.1, -0.05) is 19.1 Å². The van der Waals surface area contributed by atoms with Crippen molar-refractivity contribution in [2.45, 2.75) is 36.7 Å². The van der Waals surface area contributed by atoms with E-state index in [0.717, 1.165) is 5.56 Å². The Morgan fingerprint density at radius 3 is 2.71 bits per heavy atom. The second-order valence-electron chi connectivity index (χ2n) is 5.31. The predicted octanol–water partition coefficient (Wildman–Crippen LogP) is 0.562. The van der Waals surface area contributed by atoms with Crippen LogP contribution in [0.25, 0.3) is 0 Å². The highest BCUT2D eigenvalue weighted by atomic mass is 32.2. The zero-order valence-electron chi connectivity index (χ0n) is 11.8. The molecule has 0 saturated carbocycles. The van der Waals surface area contributed by atoms with Crippen molar-refractivity contribution in [3.8, 4) is 0 Å². The first kappa shape index (κ1) is 16.4. The number of nitrogens with two attached hydrogens (primary N) is 1. The number of nitrogens with one attached hydrogen (secondary N) is 1. The summed E-state index contributed by atoms with van der Waals surface area (Å²) in [6, 6.07) is 5.69. The molecule has 1 aliphatic rings. The third kappa shape index (κ3) is 4.03. The summed E-state index contributed by atoms with van der Waals surface area (Å²) in [4.78, 5) is 0.119. The fraction of sp³-hybridized carbons (Fsp3) is 0.538. The van der Waals surface area contributed by atoms with Crippen LogP contribution in [-0.2, 0) is 19.9 Å². The van der Waals surface area contributed by atoms with Gasteiger partial charge < -0.3 is 5.73 Å². The molecule has 0 radical (unpaired) electrons. The van der Waals surface area contributed by atoms with Crippen LogP contribution in [0.2, 0.25) is 0 Å². The lowest BCUT2D eigenvalue weighted by molar-refractivity contribution is 0.562. The summed E-state index contributed by atoms with van der Waals surface area (Å²) in [5.74, 6) is -0.110. The Labute approximate surface area is 125 Å². The van der Waals surface area contributed by atoms with Gasteiger partial charge in [-0.05, 0) is 30.5 Å². The average Bonchev–Trinajstić information content (AvgIpc) is 2.76. The maximum atomic E-state index is 12.3. The molecule has 1 heterocycles. The molecule has 0 bridgehead atoms. The summed E-state index contributed by atoms with van der Waals surface area (Å²) in [7, 11) is -6.85. The van der Waals surface area contributed by atoms with E-state index in [2.05, 4.69) is 4.72 Å². The van der Waals surface area contributed by atoms with Crippen LogP contribution in [0.1, 0.15) is 31.4 Å². The minimum Gasteiger partial charge on any atom is -0.324 e. The van der Waals surface area contributed by atoms with Crippen molar-refractivity contribution in [1.82, 2.24) is 4.72 Å². The largest absolute Gasteiger partial charge is 0.324 e. The highest BCUT2D eigenvalue weighted by Gasteiger charge is 2.31. The van der Waals surface area contributed by atoms with E-state index in [1.165, 1.54) is 6.07 Å². The van der Waals surface area contributed by atoms with Gasteiger partial charge in [-0.3, -0.25) is 0 Å². The van der Waals surface area contributed by atoms with E-state index in [-0.39, 0.29) is 22.4 Å². The first-order valence-corrected chi connectivity index (χ1v) is 10.1. The van der Waals surface area contributed by atoms with Crippen molar-refractivity contribution in [1.29, 1.82) is 0 Å². The summed E-state index contributed by atoms with van der Waals surface area (Å²) in [5, 5.41) is 0. The molecule has 0 amide bonds. The first-order valence-electron chi connectivity index (χ1n) is 6.82. The molecule has 1 fully saturated rings. The Hall–Kier alpha value is -0.960. The molecule has 3 N–H and O–H groups in total. The zero-order valence-corrected chi connectivity index (χ0v) is 13.5. The van der Waals surface area contributed by atoms with E-state index >= 15 is 0 Å². The van der Waals surface area contributed by atoms with E-state index < -0.39 is 25.9 Å². The molecule has 1 aliphatic heterocycles. The van der Waals surface area contributed by atoms with Crippen LogP contribution in [0.15, 0.2) is 29.2 Å². The summed E-state index contributed by atoms with van der Waals surface area (Å²) in [5.41, 5.74) is 6.66. The van der Waals surface area contributed by atoms with E-state index in [4.69, 9.17) is 5.73 Å². The molecule has 21 heavy (non-hydrogen) atoms. The Balaban J connectivity index is 2.20. The molecule has 6 nitrogen and oxygen atoms in total. The van der Waals surface area contributed by atoms with Gasteiger partial charge in [-0.2, -0.15) is 0 Å². The Kier molecular flexibility index (Phi) is 4.72. The third-order valence-corrected chi connectivity index (χ3v) is 6.88. The topological polar surface area (TPSA) is 106 Å². The molecular weight excluding hydrogens is 312 g/mol. The van der Waals surface area contributed by atoms with E-state index in [1.54, 1.807) is 18.2 Å². The molecule has 2 rings (SSSR count). The summed E-state index contributed by atoms with van der Waals surface area (Å²) in [6.07, 6.45) is 1.02. The second kappa shape index (κ2) is 6.04. The Bertz CT molecular complexity index is 713. The lowest BCUT2D eigenvalue weighted by Crippen LogP contribution is -2.35. The molecule has 2 unspecified atom stereocenters. The molecule has 8 heteroatoms. The molecule has 1 saturated heterocycles. The first-order chi connectivity index (χ1) is 9.73. The van der Waals surface area contributed by atoms with Crippen LogP contribution in [0.5, 0.6) is 0 Å². The van der Waals surface area contributed by atoms with Crippen molar-refractivity contribution in [3.05, 3.63) is 29.8 Å². The zero-order chi connectivity index (χ0) is 15.7. The smallest absolute Gasteiger partial charge is 0.240 e. The van der Waals surface area contributed by atoms with Gasteiger partial charge in [-0.25, -0.2) is 21.6 Å². The maximum Gasteiger partial charge on any atom is 0.240 e. The van der Waals surface area contributed by atoms with Gasteiger partial charge in [0.2, 0.25) is 10.0 Å². The van der Waals surface area contributed by atoms with Gasteiger partial charge in [-0.15, -0.1) is 0 Å². The standard InChI is InChI=1S/C13H20N2O4S2/c1-2-13(14)10-4-3-5-12(8-10)21(18,19)15-11-6-7-20(16,17)9-11/h3-5,8,11,13,15H,2,6-7,9,14H2,1H3. The maximum absolute atomic E-state index is 12.3. The molecule has 0 spiro atoms. The van der Waals surface area contributed by atoms with Crippen molar-refractivity contribution >= 4 is 19.9 Å². The normalized spacial score (nSPS) is 23.0. The number of benzene rings is 1. The van der Waals surface area contributed by atoms with Crippen LogP contribution in [0, 0.1) is 0 Å². The molecule has 118 valence electrons. The van der Waals surface area contributed by atoms with Crippen LogP contribution < -0.4 is 10.5 Å². The minimum atomic E-state index is -3.73. The molecule has 0 aliphatic carbocycles. The molecule has 1 aromatic rings. The monoisotopic (exact) mass is 332 g/mol. The van der Waals surface area contributed by atoms with Crippen LogP contribution in [-0.4, -0.2) is 34.4 Å². The lowest BCUT2D eigenvalue weighted by Gasteiger charge is -2.14. The van der Waals surface area contributed by atoms with Crippen LogP contribution in [0.4, 0.5) is 0 Å². The van der Waals surface area contributed by atoms with Gasteiger partial charge in [0.1, 0.15) is 0 Å². The molecule has 0 aromatic heterocycles. The van der Waals surface area contributed by atoms with Gasteiger partial charge in [0.25, 0.3) is 0 Å². The van der Waals surface area contributed by atoms with E-state index in [0.29, 0.717) is 12.8 Å². The van der Waals surface area contributed by atoms with Gasteiger partial charge in [0.05, 0.1) is 16.4 Å². The highest BCUT2D eigenvalue weighted by Crippen LogP contribution is 2.20. The number of hydrogen-bond acceptors (Lipinski definition) is 5. The fourth-order valence-corrected chi connectivity index (χ4v) is 5.43. The average molecular weight is 332 g/mol. The molecule has 1 aromatic carbocycles. The van der Waals surface area contributed by atoms with Crippen molar-refractivity contribution < 1.29 is 16.8 Å². The number of hydrogen-bond donors (Lipinski definition) is 2. The number of sulfone groups is 1. The third-order valence-electron chi connectivity index (χ3n) is 3.59. The van der Waals surface area contributed by atoms with Gasteiger partial charge >= 0.3 is 0 Å². The van der Waals surface area contributed by atoms with E-state index in [9.17, 15) is 16.8 Å². The van der Waals surface area contributed by atoms with Crippen LogP contribution >= 0.6 is 0 Å². The predicted molar refractivity (Wildman–Crippen MR) is 81.0 cm³/mol. The Morgan fingerprint density at radius 2 is 2.14 bits per heavy atom. The number of rotatable bonds is 5. The number of sulfonamides is 1. The quantitative estimate of drug-likeness (QED) is 0.819. The van der Waals surface area contributed by atoms with Crippen molar-refractivity contribution in [2.75, 3.05) is 11.5 Å². The molecular formula is C13H20N2O4S2. The van der Waals surface area contributed by atoms with Gasteiger partial charge in [0.15, 0.2) is 9.84 Å². The van der Waals surface area contributed by atoms with Gasteiger partial charge in [0, 0.05) is 12.1 Å². The summed E-state index contributed by atoms with van der Waals surface area (Å²) < 4.78 is 49.9. The fourth-order valence-electron chi connectivity index (χ4n) is 2.32. The second-order valence-corrected chi connectivity index (χ2v) is 9.25. The molecule has 2 atom stereocenters. The lowest BCUT2D eigenvalue weighted by atomic mass is 10.1. The minimum absolute atomic E-state index is 0.0287. The summed E-state index contributed by atoms with van der Waals surface area (Å²) >= 11 is 0. The Morgan fingerprint density at radius 1 is 1.43 bits per heavy atom.